The van der Waals surface area contributed by atoms with Crippen molar-refractivity contribution in [3.8, 4) is 5.75 Å². The van der Waals surface area contributed by atoms with Gasteiger partial charge >= 0.3 is 0 Å². The van der Waals surface area contributed by atoms with E-state index < -0.39 is 0 Å². The Kier molecular flexibility index (Phi) is 6.10. The largest absolute Gasteiger partial charge is 0.496 e. The van der Waals surface area contributed by atoms with Crippen LogP contribution in [0.5, 0.6) is 5.75 Å². The highest BCUT2D eigenvalue weighted by atomic mass is 79.9. The zero-order valence-corrected chi connectivity index (χ0v) is 16.4. The number of hydrogen-bond donors (Lipinski definition) is 0. The maximum atomic E-state index is 5.25. The molecule has 5 heteroatoms. The number of benzene rings is 2. The molecule has 0 unspecified atom stereocenters. The fourth-order valence-electron chi connectivity index (χ4n) is 2.87. The number of aryl methyl sites for hydroxylation is 1. The molecule has 0 radical (unpaired) electrons. The summed E-state index contributed by atoms with van der Waals surface area (Å²) in [5.74, 6) is 0.835. The topological polar surface area (TPSA) is 28.1 Å². The van der Waals surface area contributed by atoms with Gasteiger partial charge in [-0.05, 0) is 52.2 Å². The number of piperazine rings is 1. The highest BCUT2D eigenvalue weighted by molar-refractivity contribution is 9.10. The molecule has 0 bridgehead atoms. The SMILES string of the molecule is COc1ccc(C=NN2CCN(Cc3ccc(C)cc3)CC2)cc1Br. The van der Waals surface area contributed by atoms with Crippen LogP contribution in [0, 0.1) is 6.92 Å². The Morgan fingerprint density at radius 3 is 2.44 bits per heavy atom. The van der Waals surface area contributed by atoms with Crippen LogP contribution in [-0.2, 0) is 6.54 Å². The second kappa shape index (κ2) is 8.50. The monoisotopic (exact) mass is 401 g/mol. The fourth-order valence-corrected chi connectivity index (χ4v) is 3.43. The third-order valence-electron chi connectivity index (χ3n) is 4.42. The molecule has 0 spiro atoms. The predicted molar refractivity (Wildman–Crippen MR) is 106 cm³/mol. The maximum absolute atomic E-state index is 5.25. The van der Waals surface area contributed by atoms with Crippen LogP contribution in [0.3, 0.4) is 0 Å². The molecule has 1 aliphatic rings. The second-order valence-corrected chi connectivity index (χ2v) is 7.21. The van der Waals surface area contributed by atoms with Crippen molar-refractivity contribution in [1.82, 2.24) is 9.91 Å². The third kappa shape index (κ3) is 5.06. The Labute approximate surface area is 158 Å². The average molecular weight is 402 g/mol. The number of methoxy groups -OCH3 is 1. The van der Waals surface area contributed by atoms with Gasteiger partial charge in [-0.25, -0.2) is 0 Å². The summed E-state index contributed by atoms with van der Waals surface area (Å²) in [5, 5.41) is 6.77. The Morgan fingerprint density at radius 2 is 1.80 bits per heavy atom. The zero-order chi connectivity index (χ0) is 17.6. The molecule has 0 saturated carbocycles. The van der Waals surface area contributed by atoms with Crippen molar-refractivity contribution in [2.45, 2.75) is 13.5 Å². The zero-order valence-electron chi connectivity index (χ0n) is 14.8. The fraction of sp³-hybridized carbons (Fsp3) is 0.350. The van der Waals surface area contributed by atoms with Gasteiger partial charge in [0.15, 0.2) is 0 Å². The van der Waals surface area contributed by atoms with E-state index in [0.29, 0.717) is 0 Å². The van der Waals surface area contributed by atoms with Crippen molar-refractivity contribution in [1.29, 1.82) is 0 Å². The van der Waals surface area contributed by atoms with Gasteiger partial charge in [0.25, 0.3) is 0 Å². The number of nitrogens with zero attached hydrogens (tertiary/aromatic N) is 3. The van der Waals surface area contributed by atoms with Crippen molar-refractivity contribution in [3.63, 3.8) is 0 Å². The van der Waals surface area contributed by atoms with E-state index in [4.69, 9.17) is 4.74 Å². The molecule has 1 saturated heterocycles. The summed E-state index contributed by atoms with van der Waals surface area (Å²) in [6.45, 7) is 7.14. The van der Waals surface area contributed by atoms with Crippen molar-refractivity contribution in [3.05, 3.63) is 63.6 Å². The van der Waals surface area contributed by atoms with Gasteiger partial charge in [0.05, 0.1) is 17.8 Å². The molecule has 0 aliphatic carbocycles. The smallest absolute Gasteiger partial charge is 0.133 e. The van der Waals surface area contributed by atoms with Crippen LogP contribution in [-0.4, -0.2) is 49.4 Å². The number of hydrazone groups is 1. The molecule has 25 heavy (non-hydrogen) atoms. The first-order valence-electron chi connectivity index (χ1n) is 8.54. The molecule has 0 N–H and O–H groups in total. The molecular formula is C20H24BrN3O. The van der Waals surface area contributed by atoms with Gasteiger partial charge in [-0.1, -0.05) is 29.8 Å². The normalized spacial score (nSPS) is 15.7. The Hall–Kier alpha value is -1.85. The van der Waals surface area contributed by atoms with Crippen LogP contribution in [0.4, 0.5) is 0 Å². The lowest BCUT2D eigenvalue weighted by molar-refractivity contribution is 0.131. The molecule has 2 aromatic rings. The molecule has 3 rings (SSSR count). The molecule has 4 nitrogen and oxygen atoms in total. The van der Waals surface area contributed by atoms with Gasteiger partial charge < -0.3 is 4.74 Å². The van der Waals surface area contributed by atoms with Crippen molar-refractivity contribution in [2.75, 3.05) is 33.3 Å². The lowest BCUT2D eigenvalue weighted by Crippen LogP contribution is -2.43. The minimum atomic E-state index is 0.835. The summed E-state index contributed by atoms with van der Waals surface area (Å²) in [6, 6.07) is 14.8. The Balaban J connectivity index is 1.50. The quantitative estimate of drug-likeness (QED) is 0.710. The summed E-state index contributed by atoms with van der Waals surface area (Å²) in [6.07, 6.45) is 1.92. The molecular weight excluding hydrogens is 378 g/mol. The molecule has 1 heterocycles. The van der Waals surface area contributed by atoms with Crippen LogP contribution < -0.4 is 4.74 Å². The summed E-state index contributed by atoms with van der Waals surface area (Å²) < 4.78 is 6.20. The summed E-state index contributed by atoms with van der Waals surface area (Å²) >= 11 is 3.51. The third-order valence-corrected chi connectivity index (χ3v) is 5.04. The number of ether oxygens (including phenoxy) is 1. The van der Waals surface area contributed by atoms with Gasteiger partial charge in [-0.2, -0.15) is 5.10 Å². The van der Waals surface area contributed by atoms with E-state index in [0.717, 1.165) is 48.5 Å². The van der Waals surface area contributed by atoms with Crippen LogP contribution in [0.25, 0.3) is 0 Å². The van der Waals surface area contributed by atoms with E-state index in [1.807, 2.05) is 24.4 Å². The second-order valence-electron chi connectivity index (χ2n) is 6.35. The molecule has 132 valence electrons. The van der Waals surface area contributed by atoms with Crippen LogP contribution in [0.15, 0.2) is 52.0 Å². The lowest BCUT2D eigenvalue weighted by atomic mass is 10.1. The van der Waals surface area contributed by atoms with Gasteiger partial charge in [0, 0.05) is 32.7 Å². The molecule has 0 aromatic heterocycles. The first-order chi connectivity index (χ1) is 12.1. The van der Waals surface area contributed by atoms with E-state index in [2.05, 4.69) is 62.1 Å². The molecule has 0 amide bonds. The van der Waals surface area contributed by atoms with Gasteiger partial charge in [-0.3, -0.25) is 9.91 Å². The minimum absolute atomic E-state index is 0.835. The van der Waals surface area contributed by atoms with Crippen molar-refractivity contribution < 1.29 is 4.74 Å². The lowest BCUT2D eigenvalue weighted by Gasteiger charge is -2.33. The maximum Gasteiger partial charge on any atom is 0.133 e. The summed E-state index contributed by atoms with van der Waals surface area (Å²) in [4.78, 5) is 2.49. The summed E-state index contributed by atoms with van der Waals surface area (Å²) in [7, 11) is 1.67. The van der Waals surface area contributed by atoms with Gasteiger partial charge in [0.2, 0.25) is 0 Å². The minimum Gasteiger partial charge on any atom is -0.496 e. The number of halogens is 1. The molecule has 1 fully saturated rings. The molecule has 1 aliphatic heterocycles. The number of hydrogen-bond acceptors (Lipinski definition) is 4. The van der Waals surface area contributed by atoms with E-state index >= 15 is 0 Å². The Bertz CT molecular complexity index is 722. The highest BCUT2D eigenvalue weighted by Crippen LogP contribution is 2.24. The van der Waals surface area contributed by atoms with E-state index in [1.165, 1.54) is 11.1 Å². The van der Waals surface area contributed by atoms with E-state index in [1.54, 1.807) is 7.11 Å². The van der Waals surface area contributed by atoms with Crippen molar-refractivity contribution in [2.24, 2.45) is 5.10 Å². The van der Waals surface area contributed by atoms with E-state index in [-0.39, 0.29) is 0 Å². The van der Waals surface area contributed by atoms with Gasteiger partial charge in [-0.15, -0.1) is 0 Å². The van der Waals surface area contributed by atoms with E-state index in [9.17, 15) is 0 Å². The standard InChI is InChI=1S/C20H24BrN3O/c1-16-3-5-17(6-4-16)15-23-9-11-24(12-10-23)22-14-18-7-8-20(25-2)19(21)13-18/h3-8,13-14H,9-12,15H2,1-2H3. The van der Waals surface area contributed by atoms with Gasteiger partial charge in [0.1, 0.15) is 5.75 Å². The van der Waals surface area contributed by atoms with Crippen molar-refractivity contribution >= 4 is 22.1 Å². The highest BCUT2D eigenvalue weighted by Gasteiger charge is 2.15. The van der Waals surface area contributed by atoms with Crippen LogP contribution in [0.1, 0.15) is 16.7 Å². The summed E-state index contributed by atoms with van der Waals surface area (Å²) in [5.41, 5.74) is 3.76. The molecule has 2 aromatic carbocycles. The van der Waals surface area contributed by atoms with Crippen LogP contribution >= 0.6 is 15.9 Å². The predicted octanol–water partition coefficient (Wildman–Crippen LogP) is 3.92. The Morgan fingerprint density at radius 1 is 1.08 bits per heavy atom. The molecule has 0 atom stereocenters. The average Bonchev–Trinajstić information content (AvgIpc) is 2.63. The first-order valence-corrected chi connectivity index (χ1v) is 9.34. The number of rotatable bonds is 5. The first kappa shape index (κ1) is 18.0. The van der Waals surface area contributed by atoms with Crippen LogP contribution in [0.2, 0.25) is 0 Å².